The predicted octanol–water partition coefficient (Wildman–Crippen LogP) is 5.84. The maximum atomic E-state index is 12.7. The molecule has 2 saturated heterocycles. The first-order valence-corrected chi connectivity index (χ1v) is 13.4. The van der Waals surface area contributed by atoms with Gasteiger partial charge in [-0.3, -0.25) is 14.5 Å². The number of carbonyl (C=O) groups is 2. The fraction of sp³-hybridized carbons (Fsp3) is 0.444. The molecule has 2 aliphatic heterocycles. The number of benzene rings is 2. The summed E-state index contributed by atoms with van der Waals surface area (Å²) in [6, 6.07) is 15.9. The number of halogens is 1. The Morgan fingerprint density at radius 2 is 1.56 bits per heavy atom. The van der Waals surface area contributed by atoms with Gasteiger partial charge in [0.1, 0.15) is 0 Å². The molecule has 0 unspecified atom stereocenters. The molecule has 0 N–H and O–H groups in total. The van der Waals surface area contributed by atoms with Crippen LogP contribution in [0.4, 0.5) is 0 Å². The average molecular weight is 496 g/mol. The molecule has 3 aromatic rings. The van der Waals surface area contributed by atoms with Crippen molar-refractivity contribution in [3.05, 3.63) is 64.1 Å². The lowest BCUT2D eigenvalue weighted by Gasteiger charge is -2.32. The number of aromatic nitrogens is 1. The number of unbranched alkanes of at least 4 members (excludes halogenated alkanes) is 1. The number of nitrogens with zero attached hydrogens (tertiary/aromatic N) is 3. The third-order valence-electron chi connectivity index (χ3n) is 7.14. The van der Waals surface area contributed by atoms with Crippen LogP contribution >= 0.6 is 22.9 Å². The van der Waals surface area contributed by atoms with E-state index in [0.29, 0.717) is 30.3 Å². The molecule has 1 aromatic heterocycles. The highest BCUT2D eigenvalue weighted by molar-refractivity contribution is 7.18. The van der Waals surface area contributed by atoms with Crippen LogP contribution < -0.4 is 0 Å². The molecule has 0 radical (unpaired) electrons. The summed E-state index contributed by atoms with van der Waals surface area (Å²) in [5.74, 6) is 0.428. The smallest absolute Gasteiger partial charge is 0.229 e. The first kappa shape index (κ1) is 23.5. The number of hydrogen-bond donors (Lipinski definition) is 0. The van der Waals surface area contributed by atoms with Crippen molar-refractivity contribution in [1.29, 1.82) is 0 Å². The lowest BCUT2D eigenvalue weighted by Crippen LogP contribution is -2.43. The Bertz CT molecular complexity index is 1100. The van der Waals surface area contributed by atoms with Crippen LogP contribution in [-0.2, 0) is 9.59 Å². The summed E-state index contributed by atoms with van der Waals surface area (Å²) in [7, 11) is 0. The SMILES string of the molecule is O=C1CC(c2ccc(Cl)cc2)CC(=O)N1CCCCN1CCC(c2nc3ccccc3s2)CC1. The zero-order valence-electron chi connectivity index (χ0n) is 19.3. The van der Waals surface area contributed by atoms with Crippen molar-refractivity contribution in [3.63, 3.8) is 0 Å². The molecule has 2 aliphatic rings. The Labute approximate surface area is 209 Å². The van der Waals surface area contributed by atoms with Gasteiger partial charge in [0.05, 0.1) is 15.2 Å². The van der Waals surface area contributed by atoms with Gasteiger partial charge in [0, 0.05) is 36.2 Å². The van der Waals surface area contributed by atoms with Gasteiger partial charge in [-0.1, -0.05) is 35.9 Å². The first-order chi connectivity index (χ1) is 16.6. The molecule has 0 atom stereocenters. The standard InChI is InChI=1S/C27H30ClN3O2S/c28-22-9-7-19(8-10-22)21-17-25(32)31(26(33)18-21)14-4-3-13-30-15-11-20(12-16-30)27-29-23-5-1-2-6-24(23)34-27/h1-2,5-10,20-21H,3-4,11-18H2. The number of hydrogen-bond acceptors (Lipinski definition) is 5. The summed E-state index contributed by atoms with van der Waals surface area (Å²) in [5.41, 5.74) is 2.13. The summed E-state index contributed by atoms with van der Waals surface area (Å²) in [4.78, 5) is 34.1. The van der Waals surface area contributed by atoms with E-state index in [1.54, 1.807) is 0 Å². The van der Waals surface area contributed by atoms with E-state index in [-0.39, 0.29) is 17.7 Å². The highest BCUT2D eigenvalue weighted by Crippen LogP contribution is 2.34. The van der Waals surface area contributed by atoms with E-state index in [1.807, 2.05) is 35.6 Å². The fourth-order valence-electron chi connectivity index (χ4n) is 5.15. The molecule has 2 amide bonds. The number of carbonyl (C=O) groups excluding carboxylic acids is 2. The maximum absolute atomic E-state index is 12.7. The minimum atomic E-state index is -0.0483. The minimum Gasteiger partial charge on any atom is -0.303 e. The lowest BCUT2D eigenvalue weighted by molar-refractivity contribution is -0.148. The third kappa shape index (κ3) is 5.35. The molecule has 5 rings (SSSR count). The van der Waals surface area contributed by atoms with Crippen molar-refractivity contribution in [3.8, 4) is 0 Å². The van der Waals surface area contributed by atoms with Crippen LogP contribution in [-0.4, -0.2) is 52.8 Å². The van der Waals surface area contributed by atoms with Crippen LogP contribution in [0.3, 0.4) is 0 Å². The van der Waals surface area contributed by atoms with Crippen molar-refractivity contribution in [1.82, 2.24) is 14.8 Å². The van der Waals surface area contributed by atoms with Gasteiger partial charge in [-0.2, -0.15) is 0 Å². The average Bonchev–Trinajstić information content (AvgIpc) is 3.28. The molecule has 5 nitrogen and oxygen atoms in total. The zero-order valence-corrected chi connectivity index (χ0v) is 20.9. The van der Waals surface area contributed by atoms with Crippen molar-refractivity contribution < 1.29 is 9.59 Å². The van der Waals surface area contributed by atoms with E-state index in [2.05, 4.69) is 29.2 Å². The summed E-state index contributed by atoms with van der Waals surface area (Å²) < 4.78 is 1.28. The van der Waals surface area contributed by atoms with E-state index in [1.165, 1.54) is 14.6 Å². The van der Waals surface area contributed by atoms with Crippen LogP contribution in [0, 0.1) is 0 Å². The number of thiazole rings is 1. The molecule has 2 aromatic carbocycles. The van der Waals surface area contributed by atoms with Gasteiger partial charge < -0.3 is 4.90 Å². The highest BCUT2D eigenvalue weighted by atomic mass is 35.5. The summed E-state index contributed by atoms with van der Waals surface area (Å²) >= 11 is 7.80. The van der Waals surface area contributed by atoms with Crippen molar-refractivity contribution in [2.24, 2.45) is 0 Å². The molecule has 0 saturated carbocycles. The van der Waals surface area contributed by atoms with Crippen molar-refractivity contribution in [2.75, 3.05) is 26.2 Å². The Morgan fingerprint density at radius 1 is 0.882 bits per heavy atom. The summed E-state index contributed by atoms with van der Waals surface area (Å²) in [6.07, 6.45) is 4.95. The van der Waals surface area contributed by atoms with Gasteiger partial charge in [0.2, 0.25) is 11.8 Å². The molecular formula is C27H30ClN3O2S. The second kappa shape index (κ2) is 10.5. The van der Waals surface area contributed by atoms with Crippen LogP contribution in [0.2, 0.25) is 5.02 Å². The molecule has 3 heterocycles. The quantitative estimate of drug-likeness (QED) is 0.305. The van der Waals surface area contributed by atoms with Crippen LogP contribution in [0.25, 0.3) is 10.2 Å². The predicted molar refractivity (Wildman–Crippen MR) is 137 cm³/mol. The number of amides is 2. The molecule has 0 bridgehead atoms. The zero-order chi connectivity index (χ0) is 23.5. The van der Waals surface area contributed by atoms with Crippen molar-refractivity contribution in [2.45, 2.75) is 50.4 Å². The van der Waals surface area contributed by atoms with Crippen LogP contribution in [0.15, 0.2) is 48.5 Å². The number of para-hydroxylation sites is 1. The third-order valence-corrected chi connectivity index (χ3v) is 8.59. The fourth-order valence-corrected chi connectivity index (χ4v) is 6.41. The molecule has 0 spiro atoms. The second-order valence-electron chi connectivity index (χ2n) is 9.44. The van der Waals surface area contributed by atoms with E-state index in [0.717, 1.165) is 56.4 Å². The van der Waals surface area contributed by atoms with Crippen molar-refractivity contribution >= 4 is 45.0 Å². The molecule has 0 aliphatic carbocycles. The van der Waals surface area contributed by atoms with E-state index < -0.39 is 0 Å². The summed E-state index contributed by atoms with van der Waals surface area (Å²) in [6.45, 7) is 3.74. The van der Waals surface area contributed by atoms with Crippen LogP contribution in [0.1, 0.15) is 60.9 Å². The Morgan fingerprint density at radius 3 is 2.26 bits per heavy atom. The normalized spacial score (nSPS) is 18.8. The topological polar surface area (TPSA) is 53.5 Å². The van der Waals surface area contributed by atoms with Gasteiger partial charge in [0.25, 0.3) is 0 Å². The molecule has 34 heavy (non-hydrogen) atoms. The van der Waals surface area contributed by atoms with E-state index in [4.69, 9.17) is 16.6 Å². The van der Waals surface area contributed by atoms with Gasteiger partial charge in [0.15, 0.2) is 0 Å². The summed E-state index contributed by atoms with van der Waals surface area (Å²) in [5, 5.41) is 1.94. The Balaban J connectivity index is 1.04. The first-order valence-electron chi connectivity index (χ1n) is 12.2. The van der Waals surface area contributed by atoms with Gasteiger partial charge in [-0.15, -0.1) is 11.3 Å². The molecular weight excluding hydrogens is 466 g/mol. The van der Waals surface area contributed by atoms with Crippen LogP contribution in [0.5, 0.6) is 0 Å². The highest BCUT2D eigenvalue weighted by Gasteiger charge is 2.33. The number of piperidine rings is 2. The van der Waals surface area contributed by atoms with Gasteiger partial charge in [-0.05, 0) is 75.1 Å². The maximum Gasteiger partial charge on any atom is 0.229 e. The molecule has 7 heteroatoms. The number of imide groups is 1. The number of rotatable bonds is 7. The van der Waals surface area contributed by atoms with E-state index >= 15 is 0 Å². The second-order valence-corrected chi connectivity index (χ2v) is 10.9. The molecule has 178 valence electrons. The monoisotopic (exact) mass is 495 g/mol. The Kier molecular flexibility index (Phi) is 7.28. The van der Waals surface area contributed by atoms with Gasteiger partial charge in [-0.25, -0.2) is 4.98 Å². The minimum absolute atomic E-state index is 0.0368. The Hall–Kier alpha value is -2.28. The van der Waals surface area contributed by atoms with E-state index in [9.17, 15) is 9.59 Å². The molecule has 2 fully saturated rings. The van der Waals surface area contributed by atoms with Gasteiger partial charge >= 0.3 is 0 Å². The number of likely N-dealkylation sites (tertiary alicyclic amines) is 2. The lowest BCUT2D eigenvalue weighted by atomic mass is 9.88. The number of fused-ring (bicyclic) bond motifs is 1. The largest absolute Gasteiger partial charge is 0.303 e.